The maximum absolute atomic E-state index is 12.6. The lowest BCUT2D eigenvalue weighted by Gasteiger charge is -2.06. The van der Waals surface area contributed by atoms with Crippen molar-refractivity contribution in [1.29, 1.82) is 5.41 Å². The zero-order valence-electron chi connectivity index (χ0n) is 13.5. The van der Waals surface area contributed by atoms with Crippen LogP contribution in [0.3, 0.4) is 0 Å². The number of nitrogens with zero attached hydrogens (tertiary/aromatic N) is 2. The molecule has 2 rings (SSSR count). The molecule has 0 saturated heterocycles. The van der Waals surface area contributed by atoms with Crippen LogP contribution in [0.15, 0.2) is 29.5 Å². The van der Waals surface area contributed by atoms with Crippen LogP contribution >= 0.6 is 11.6 Å². The highest BCUT2D eigenvalue weighted by molar-refractivity contribution is 7.90. The summed E-state index contributed by atoms with van der Waals surface area (Å²) in [7, 11) is -3.47. The molecule has 24 heavy (non-hydrogen) atoms. The van der Waals surface area contributed by atoms with Crippen LogP contribution in [-0.4, -0.2) is 29.8 Å². The number of nitrogens with two attached hydrogens (primary N) is 1. The van der Waals surface area contributed by atoms with Gasteiger partial charge in [0.2, 0.25) is 16.0 Å². The molecule has 0 amide bonds. The van der Waals surface area contributed by atoms with Gasteiger partial charge in [-0.15, -0.1) is 0 Å². The molecule has 0 atom stereocenters. The monoisotopic (exact) mass is 369 g/mol. The number of fused-ring (bicyclic) bond motifs is 1. The molecule has 1 aromatic carbocycles. The van der Waals surface area contributed by atoms with Gasteiger partial charge in [-0.2, -0.15) is 5.10 Å². The molecule has 7 nitrogen and oxygen atoms in total. The number of halogens is 1. The second kappa shape index (κ2) is 7.23. The lowest BCUT2D eigenvalue weighted by molar-refractivity contribution is 0.585. The van der Waals surface area contributed by atoms with Gasteiger partial charge < -0.3 is 5.73 Å². The van der Waals surface area contributed by atoms with Crippen molar-refractivity contribution in [3.8, 4) is 0 Å². The van der Waals surface area contributed by atoms with Crippen molar-refractivity contribution < 1.29 is 8.42 Å². The van der Waals surface area contributed by atoms with Crippen molar-refractivity contribution in [2.24, 2.45) is 10.8 Å². The normalized spacial score (nSPS) is 12.5. The predicted molar refractivity (Wildman–Crippen MR) is 98.3 cm³/mol. The van der Waals surface area contributed by atoms with Crippen LogP contribution < -0.4 is 11.2 Å². The third-order valence-corrected chi connectivity index (χ3v) is 5.46. The third-order valence-electron chi connectivity index (χ3n) is 3.52. The molecule has 130 valence electrons. The summed E-state index contributed by atoms with van der Waals surface area (Å²) < 4.78 is 26.5. The smallest absolute Gasteiger partial charge is 0.238 e. The molecular weight excluding hydrogens is 350 g/mol. The topological polar surface area (TPSA) is 113 Å². The molecule has 4 N–H and O–H groups in total. The first-order valence-electron chi connectivity index (χ1n) is 7.45. The SMILES string of the molecule is CCCCS(=O)(=O)n1cc(/C(C)=N\NC(=N)N)c2cc(Cl)ccc21. The number of hydrogen-bond acceptors (Lipinski definition) is 4. The van der Waals surface area contributed by atoms with Crippen LogP contribution in [0.1, 0.15) is 32.3 Å². The summed E-state index contributed by atoms with van der Waals surface area (Å²) in [5.74, 6) is -0.233. The van der Waals surface area contributed by atoms with Crippen LogP contribution in [0.5, 0.6) is 0 Å². The molecule has 0 aliphatic rings. The van der Waals surface area contributed by atoms with E-state index in [1.54, 1.807) is 25.1 Å². The van der Waals surface area contributed by atoms with Crippen LogP contribution in [-0.2, 0) is 10.0 Å². The van der Waals surface area contributed by atoms with Gasteiger partial charge >= 0.3 is 0 Å². The first-order valence-corrected chi connectivity index (χ1v) is 9.43. The van der Waals surface area contributed by atoms with Gasteiger partial charge in [0.15, 0.2) is 0 Å². The summed E-state index contributed by atoms with van der Waals surface area (Å²) in [5, 5.41) is 12.3. The van der Waals surface area contributed by atoms with E-state index in [4.69, 9.17) is 22.7 Å². The number of benzene rings is 1. The highest BCUT2D eigenvalue weighted by atomic mass is 35.5. The zero-order valence-corrected chi connectivity index (χ0v) is 15.1. The molecule has 0 aliphatic carbocycles. The zero-order chi connectivity index (χ0) is 17.9. The molecule has 2 aromatic rings. The Hall–Kier alpha value is -2.06. The van der Waals surface area contributed by atoms with E-state index in [1.807, 2.05) is 6.92 Å². The molecule has 0 unspecified atom stereocenters. The Balaban J connectivity index is 2.63. The quantitative estimate of drug-likeness (QED) is 0.412. The van der Waals surface area contributed by atoms with E-state index >= 15 is 0 Å². The summed E-state index contributed by atoms with van der Waals surface area (Å²) in [5.41, 5.74) is 9.25. The van der Waals surface area contributed by atoms with Gasteiger partial charge in [0, 0.05) is 22.2 Å². The predicted octanol–water partition coefficient (Wildman–Crippen LogP) is 2.48. The second-order valence-electron chi connectivity index (χ2n) is 5.39. The summed E-state index contributed by atoms with van der Waals surface area (Å²) >= 11 is 6.06. The average molecular weight is 370 g/mol. The van der Waals surface area contributed by atoms with E-state index in [0.717, 1.165) is 6.42 Å². The van der Waals surface area contributed by atoms with Crippen molar-refractivity contribution in [2.45, 2.75) is 26.7 Å². The molecule has 0 bridgehead atoms. The van der Waals surface area contributed by atoms with Crippen LogP contribution in [0.4, 0.5) is 0 Å². The van der Waals surface area contributed by atoms with E-state index in [2.05, 4.69) is 10.5 Å². The number of unbranched alkanes of at least 4 members (excludes halogenated alkanes) is 1. The molecule has 0 radical (unpaired) electrons. The maximum Gasteiger partial charge on any atom is 0.238 e. The molecule has 1 aromatic heterocycles. The third kappa shape index (κ3) is 3.88. The van der Waals surface area contributed by atoms with Crippen molar-refractivity contribution in [1.82, 2.24) is 9.40 Å². The second-order valence-corrected chi connectivity index (χ2v) is 7.79. The van der Waals surface area contributed by atoms with E-state index in [9.17, 15) is 8.42 Å². The van der Waals surface area contributed by atoms with Crippen LogP contribution in [0, 0.1) is 5.41 Å². The van der Waals surface area contributed by atoms with Crippen LogP contribution in [0.2, 0.25) is 5.02 Å². The minimum atomic E-state index is -3.47. The largest absolute Gasteiger partial charge is 0.369 e. The molecular formula is C15H20ClN5O2S. The number of hydrogen-bond donors (Lipinski definition) is 3. The molecule has 1 heterocycles. The summed E-state index contributed by atoms with van der Waals surface area (Å²) in [4.78, 5) is 0. The van der Waals surface area contributed by atoms with Gasteiger partial charge in [-0.25, -0.2) is 17.8 Å². The van der Waals surface area contributed by atoms with Crippen molar-refractivity contribution in [3.63, 3.8) is 0 Å². The maximum atomic E-state index is 12.6. The van der Waals surface area contributed by atoms with Gasteiger partial charge in [-0.05, 0) is 31.5 Å². The summed E-state index contributed by atoms with van der Waals surface area (Å²) in [6.07, 6.45) is 2.91. The Kier molecular flexibility index (Phi) is 5.51. The van der Waals surface area contributed by atoms with Gasteiger partial charge in [-0.3, -0.25) is 5.41 Å². The first-order chi connectivity index (χ1) is 11.3. The summed E-state index contributed by atoms with van der Waals surface area (Å²) in [6.45, 7) is 3.65. The number of aromatic nitrogens is 1. The van der Waals surface area contributed by atoms with Crippen molar-refractivity contribution in [3.05, 3.63) is 35.0 Å². The van der Waals surface area contributed by atoms with E-state index in [1.165, 1.54) is 10.2 Å². The van der Waals surface area contributed by atoms with E-state index in [-0.39, 0.29) is 11.7 Å². The summed E-state index contributed by atoms with van der Waals surface area (Å²) in [6, 6.07) is 5.03. The fourth-order valence-electron chi connectivity index (χ4n) is 2.32. The highest BCUT2D eigenvalue weighted by Gasteiger charge is 2.20. The molecule has 0 fully saturated rings. The van der Waals surface area contributed by atoms with Crippen LogP contribution in [0.25, 0.3) is 10.9 Å². The number of nitrogens with one attached hydrogen (secondary N) is 2. The van der Waals surface area contributed by atoms with Gasteiger partial charge in [0.25, 0.3) is 0 Å². The lowest BCUT2D eigenvalue weighted by Crippen LogP contribution is -2.26. The molecule has 0 spiro atoms. The van der Waals surface area contributed by atoms with Crippen molar-refractivity contribution >= 4 is 44.2 Å². The number of rotatable bonds is 6. The number of guanidine groups is 1. The average Bonchev–Trinajstić information content (AvgIpc) is 2.90. The fourth-order valence-corrected chi connectivity index (χ4v) is 4.07. The van der Waals surface area contributed by atoms with Gasteiger partial charge in [0.1, 0.15) is 0 Å². The Labute approximate surface area is 146 Å². The van der Waals surface area contributed by atoms with E-state index in [0.29, 0.717) is 33.6 Å². The molecule has 9 heteroatoms. The standard InChI is InChI=1S/C15H20ClN5O2S/c1-3-4-7-24(22,23)21-9-13(10(2)19-20-15(17)18)12-8-11(16)5-6-14(12)21/h5-6,8-9H,3-4,7H2,1-2H3,(H4,17,18,20)/b19-10-. The van der Waals surface area contributed by atoms with Crippen molar-refractivity contribution in [2.75, 3.05) is 5.75 Å². The minimum Gasteiger partial charge on any atom is -0.369 e. The van der Waals surface area contributed by atoms with E-state index < -0.39 is 10.0 Å². The highest BCUT2D eigenvalue weighted by Crippen LogP contribution is 2.27. The Morgan fingerprint density at radius 2 is 2.17 bits per heavy atom. The molecule has 0 aliphatic heterocycles. The lowest BCUT2D eigenvalue weighted by atomic mass is 10.1. The molecule has 0 saturated carbocycles. The fraction of sp³-hybridized carbons (Fsp3) is 0.333. The Bertz CT molecular complexity index is 902. The Morgan fingerprint density at radius 3 is 2.79 bits per heavy atom. The van der Waals surface area contributed by atoms with Gasteiger partial charge in [0.05, 0.1) is 17.0 Å². The Morgan fingerprint density at radius 1 is 1.46 bits per heavy atom. The first kappa shape index (κ1) is 18.3. The number of hydrazone groups is 1. The van der Waals surface area contributed by atoms with Gasteiger partial charge in [-0.1, -0.05) is 24.9 Å². The minimum absolute atomic E-state index is 0.0667.